The van der Waals surface area contributed by atoms with Crippen LogP contribution in [0.25, 0.3) is 0 Å². The number of hydrazine groups is 1. The Labute approximate surface area is 167 Å². The number of ether oxygens (including phenoxy) is 2. The van der Waals surface area contributed by atoms with Crippen molar-refractivity contribution >= 4 is 27.5 Å². The second-order valence-electron chi connectivity index (χ2n) is 6.60. The van der Waals surface area contributed by atoms with Gasteiger partial charge in [-0.25, -0.2) is 8.42 Å². The molecule has 0 bridgehead atoms. The van der Waals surface area contributed by atoms with E-state index in [1.165, 1.54) is 12.1 Å². The van der Waals surface area contributed by atoms with Gasteiger partial charge in [-0.3, -0.25) is 15.0 Å². The van der Waals surface area contributed by atoms with Crippen LogP contribution in [-0.4, -0.2) is 39.5 Å². The fraction of sp³-hybridized carbons (Fsp3) is 0.263. The second-order valence-corrected chi connectivity index (χ2v) is 8.28. The first-order valence-corrected chi connectivity index (χ1v) is 10.5. The maximum atomic E-state index is 12.4. The molecule has 2 aliphatic rings. The molecule has 0 saturated carbocycles. The Morgan fingerprint density at radius 1 is 1.07 bits per heavy atom. The zero-order valence-electron chi connectivity index (χ0n) is 15.3. The van der Waals surface area contributed by atoms with Gasteiger partial charge in [0.15, 0.2) is 11.5 Å². The van der Waals surface area contributed by atoms with Gasteiger partial charge in [0.25, 0.3) is 15.9 Å². The van der Waals surface area contributed by atoms with Crippen LogP contribution in [0.4, 0.5) is 5.69 Å². The van der Waals surface area contributed by atoms with Gasteiger partial charge in [-0.2, -0.15) is 0 Å². The van der Waals surface area contributed by atoms with Crippen LogP contribution >= 0.6 is 0 Å². The summed E-state index contributed by atoms with van der Waals surface area (Å²) in [6, 6.07) is 12.8. The number of nitrogens with zero attached hydrogens (tertiary/aromatic N) is 1. The molecule has 0 unspecified atom stereocenters. The predicted molar refractivity (Wildman–Crippen MR) is 103 cm³/mol. The van der Waals surface area contributed by atoms with E-state index >= 15 is 0 Å². The number of carbonyl (C=O) groups is 2. The van der Waals surface area contributed by atoms with Crippen LogP contribution in [0.3, 0.4) is 0 Å². The van der Waals surface area contributed by atoms with Crippen molar-refractivity contribution in [3.8, 4) is 11.5 Å². The molecule has 2 aliphatic heterocycles. The first-order valence-electron chi connectivity index (χ1n) is 9.05. The summed E-state index contributed by atoms with van der Waals surface area (Å²) in [5.41, 5.74) is 2.79. The van der Waals surface area contributed by atoms with Gasteiger partial charge in [0.1, 0.15) is 6.61 Å². The highest BCUT2D eigenvalue weighted by molar-refractivity contribution is 7.89. The number of benzene rings is 2. The molecule has 1 fully saturated rings. The average Bonchev–Trinajstić information content (AvgIpc) is 3.17. The third-order valence-electron chi connectivity index (χ3n) is 4.64. The van der Waals surface area contributed by atoms with Gasteiger partial charge in [0, 0.05) is 18.7 Å². The van der Waals surface area contributed by atoms with Crippen LogP contribution in [0.1, 0.15) is 12.8 Å². The van der Waals surface area contributed by atoms with E-state index in [4.69, 9.17) is 9.47 Å². The number of fused-ring (bicyclic) bond motifs is 1. The topological polar surface area (TPSA) is 114 Å². The Hall–Kier alpha value is -3.11. The van der Waals surface area contributed by atoms with Gasteiger partial charge in [-0.15, -0.1) is 4.83 Å². The summed E-state index contributed by atoms with van der Waals surface area (Å²) in [6.45, 7) is 0.578. The lowest BCUT2D eigenvalue weighted by atomic mass is 10.2. The molecule has 1 atom stereocenters. The maximum absolute atomic E-state index is 12.4. The first-order chi connectivity index (χ1) is 13.9. The van der Waals surface area contributed by atoms with E-state index in [1.54, 1.807) is 41.3 Å². The number of para-hydroxylation sites is 2. The molecule has 9 nitrogen and oxygen atoms in total. The zero-order valence-corrected chi connectivity index (χ0v) is 16.1. The summed E-state index contributed by atoms with van der Waals surface area (Å²) in [5, 5.41) is 0. The summed E-state index contributed by atoms with van der Waals surface area (Å²) in [7, 11) is -3.99. The lowest BCUT2D eigenvalue weighted by molar-refractivity contribution is -0.130. The molecule has 2 amide bonds. The Bertz CT molecular complexity index is 1040. The molecule has 10 heteroatoms. The molecule has 1 saturated heterocycles. The van der Waals surface area contributed by atoms with E-state index in [9.17, 15) is 18.0 Å². The fourth-order valence-corrected chi connectivity index (χ4v) is 3.98. The van der Waals surface area contributed by atoms with Crippen molar-refractivity contribution in [3.63, 3.8) is 0 Å². The summed E-state index contributed by atoms with van der Waals surface area (Å²) >= 11 is 0. The summed E-state index contributed by atoms with van der Waals surface area (Å²) in [5.74, 6) is 0.271. The molecule has 0 radical (unpaired) electrons. The van der Waals surface area contributed by atoms with Crippen LogP contribution in [0.2, 0.25) is 0 Å². The molecule has 152 valence electrons. The van der Waals surface area contributed by atoms with Gasteiger partial charge in [0.05, 0.1) is 4.90 Å². The van der Waals surface area contributed by atoms with E-state index in [2.05, 4.69) is 10.3 Å². The number of nitrogens with one attached hydrogen (secondary N) is 2. The number of hydrogen-bond acceptors (Lipinski definition) is 6. The van der Waals surface area contributed by atoms with E-state index < -0.39 is 22.0 Å². The van der Waals surface area contributed by atoms with Crippen LogP contribution in [0.15, 0.2) is 53.4 Å². The minimum Gasteiger partial charge on any atom is -0.485 e. The summed E-state index contributed by atoms with van der Waals surface area (Å²) < 4.78 is 35.9. The second kappa shape index (κ2) is 7.72. The number of hydrogen-bond donors (Lipinski definition) is 2. The Kier molecular flexibility index (Phi) is 5.12. The Morgan fingerprint density at radius 3 is 2.48 bits per heavy atom. The van der Waals surface area contributed by atoms with Crippen molar-refractivity contribution in [2.24, 2.45) is 0 Å². The molecule has 4 rings (SSSR count). The van der Waals surface area contributed by atoms with Gasteiger partial charge in [-0.05, 0) is 42.8 Å². The SMILES string of the molecule is O=C(NNS(=O)(=O)c1ccc(N2CCCC2=O)cc1)[C@H]1COc2ccccc2O1. The van der Waals surface area contributed by atoms with Gasteiger partial charge >= 0.3 is 0 Å². The monoisotopic (exact) mass is 417 g/mol. The summed E-state index contributed by atoms with van der Waals surface area (Å²) in [6.07, 6.45) is 0.283. The predicted octanol–water partition coefficient (Wildman–Crippen LogP) is 0.963. The van der Waals surface area contributed by atoms with Crippen molar-refractivity contribution in [2.45, 2.75) is 23.8 Å². The minimum absolute atomic E-state index is 0.0160. The van der Waals surface area contributed by atoms with Crippen molar-refractivity contribution in [3.05, 3.63) is 48.5 Å². The lowest BCUT2D eigenvalue weighted by Gasteiger charge is -2.25. The van der Waals surface area contributed by atoms with Gasteiger partial charge < -0.3 is 14.4 Å². The molecule has 0 spiro atoms. The standard InChI is InChI=1S/C19H19N3O6S/c23-18-6-3-11-22(18)13-7-9-14(10-8-13)29(25,26)21-20-19(24)17-12-27-15-4-1-2-5-16(15)28-17/h1-2,4-5,7-10,17,21H,3,6,11-12H2,(H,20,24)/t17-/m1/s1. The van der Waals surface area contributed by atoms with E-state index in [-0.39, 0.29) is 17.4 Å². The molecule has 0 aromatic heterocycles. The quantitative estimate of drug-likeness (QED) is 0.701. The van der Waals surface area contributed by atoms with Crippen molar-refractivity contribution in [1.82, 2.24) is 10.3 Å². The van der Waals surface area contributed by atoms with Crippen molar-refractivity contribution < 1.29 is 27.5 Å². The van der Waals surface area contributed by atoms with Crippen molar-refractivity contribution in [1.29, 1.82) is 0 Å². The Balaban J connectivity index is 1.37. The van der Waals surface area contributed by atoms with E-state index in [0.717, 1.165) is 6.42 Å². The molecule has 2 heterocycles. The van der Waals surface area contributed by atoms with Crippen LogP contribution < -0.4 is 24.6 Å². The smallest absolute Gasteiger partial charge is 0.279 e. The number of carbonyl (C=O) groups excluding carboxylic acids is 2. The molecule has 2 N–H and O–H groups in total. The molecule has 0 aliphatic carbocycles. The Morgan fingerprint density at radius 2 is 1.79 bits per heavy atom. The highest BCUT2D eigenvalue weighted by Crippen LogP contribution is 2.30. The molecular formula is C19H19N3O6S. The lowest BCUT2D eigenvalue weighted by Crippen LogP contribution is -2.50. The van der Waals surface area contributed by atoms with E-state index in [1.807, 2.05) is 0 Å². The molecule has 2 aromatic rings. The molecule has 29 heavy (non-hydrogen) atoms. The normalized spacial score (nSPS) is 18.6. The third-order valence-corrected chi connectivity index (χ3v) is 5.91. The van der Waals surface area contributed by atoms with Gasteiger partial charge in [0.2, 0.25) is 12.0 Å². The molecular weight excluding hydrogens is 398 g/mol. The largest absolute Gasteiger partial charge is 0.485 e. The molecule has 2 aromatic carbocycles. The van der Waals surface area contributed by atoms with E-state index in [0.29, 0.717) is 30.2 Å². The highest BCUT2D eigenvalue weighted by atomic mass is 32.2. The van der Waals surface area contributed by atoms with Gasteiger partial charge in [-0.1, -0.05) is 12.1 Å². The zero-order chi connectivity index (χ0) is 20.4. The number of sulfonamides is 1. The first kappa shape index (κ1) is 19.2. The third kappa shape index (κ3) is 4.03. The highest BCUT2D eigenvalue weighted by Gasteiger charge is 2.28. The van der Waals surface area contributed by atoms with Crippen LogP contribution in [0, 0.1) is 0 Å². The van der Waals surface area contributed by atoms with Crippen LogP contribution in [0.5, 0.6) is 11.5 Å². The van der Waals surface area contributed by atoms with Crippen molar-refractivity contribution in [2.75, 3.05) is 18.1 Å². The summed E-state index contributed by atoms with van der Waals surface area (Å²) in [4.78, 5) is 27.7. The maximum Gasteiger partial charge on any atom is 0.279 e. The minimum atomic E-state index is -3.99. The fourth-order valence-electron chi connectivity index (χ4n) is 3.13. The average molecular weight is 417 g/mol. The number of anilines is 1. The number of rotatable bonds is 5. The van der Waals surface area contributed by atoms with Crippen LogP contribution in [-0.2, 0) is 19.6 Å². The number of amides is 2.